The van der Waals surface area contributed by atoms with Gasteiger partial charge in [-0.2, -0.15) is 0 Å². The van der Waals surface area contributed by atoms with Gasteiger partial charge in [-0.05, 0) is 51.3 Å². The number of hydrogen-bond acceptors (Lipinski definition) is 4. The molecular formula is C17H25ClN2O4S. The molecule has 8 heteroatoms. The Bertz CT molecular complexity index is 690. The molecule has 1 fully saturated rings. The molecule has 140 valence electrons. The predicted molar refractivity (Wildman–Crippen MR) is 98.0 cm³/mol. The highest BCUT2D eigenvalue weighted by atomic mass is 35.5. The van der Waals surface area contributed by atoms with E-state index in [9.17, 15) is 13.2 Å². The van der Waals surface area contributed by atoms with Crippen LogP contribution in [0.5, 0.6) is 0 Å². The summed E-state index contributed by atoms with van der Waals surface area (Å²) in [4.78, 5) is 11.8. The van der Waals surface area contributed by atoms with Crippen molar-refractivity contribution in [3.05, 3.63) is 34.9 Å². The Kier molecular flexibility index (Phi) is 6.35. The molecule has 1 saturated heterocycles. The second-order valence-electron chi connectivity index (χ2n) is 7.20. The maximum Gasteiger partial charge on any atom is 0.407 e. The van der Waals surface area contributed by atoms with Crippen LogP contribution >= 0.6 is 11.6 Å². The quantitative estimate of drug-likeness (QED) is 0.859. The lowest BCUT2D eigenvalue weighted by Gasteiger charge is -2.32. The molecule has 6 nitrogen and oxygen atoms in total. The average molecular weight is 389 g/mol. The fourth-order valence-electron chi connectivity index (χ4n) is 2.64. The number of ether oxygens (including phenoxy) is 1. The van der Waals surface area contributed by atoms with E-state index < -0.39 is 21.7 Å². The molecule has 1 aromatic rings. The third kappa shape index (κ3) is 6.49. The van der Waals surface area contributed by atoms with E-state index in [2.05, 4.69) is 5.32 Å². The lowest BCUT2D eigenvalue weighted by molar-refractivity contribution is 0.0489. The molecule has 2 rings (SSSR count). The zero-order chi connectivity index (χ0) is 18.7. The summed E-state index contributed by atoms with van der Waals surface area (Å²) in [5.74, 6) is -0.0473. The van der Waals surface area contributed by atoms with Gasteiger partial charge < -0.3 is 10.1 Å². The second kappa shape index (κ2) is 7.93. The molecular weight excluding hydrogens is 364 g/mol. The van der Waals surface area contributed by atoms with Crippen molar-refractivity contribution in [3.63, 3.8) is 0 Å². The number of rotatable bonds is 4. The van der Waals surface area contributed by atoms with Crippen molar-refractivity contribution in [2.45, 2.75) is 51.0 Å². The first-order valence-electron chi connectivity index (χ1n) is 8.27. The van der Waals surface area contributed by atoms with Crippen LogP contribution in [0.3, 0.4) is 0 Å². The minimum atomic E-state index is -3.38. The Morgan fingerprint density at radius 3 is 2.32 bits per heavy atom. The third-order valence-electron chi connectivity index (χ3n) is 3.83. The molecule has 0 aromatic heterocycles. The van der Waals surface area contributed by atoms with E-state index in [1.165, 1.54) is 4.31 Å². The number of carbonyl (C=O) groups is 1. The van der Waals surface area contributed by atoms with Gasteiger partial charge in [-0.25, -0.2) is 17.5 Å². The van der Waals surface area contributed by atoms with Crippen molar-refractivity contribution >= 4 is 27.7 Å². The number of hydrogen-bond donors (Lipinski definition) is 1. The summed E-state index contributed by atoms with van der Waals surface area (Å²) >= 11 is 5.82. The summed E-state index contributed by atoms with van der Waals surface area (Å²) in [5.41, 5.74) is 0.158. The summed E-state index contributed by atoms with van der Waals surface area (Å²) in [7, 11) is -3.38. The van der Waals surface area contributed by atoms with Crippen LogP contribution in [-0.4, -0.2) is 43.5 Å². The number of amides is 1. The first-order valence-corrected chi connectivity index (χ1v) is 10.3. The molecule has 1 aliphatic rings. The van der Waals surface area contributed by atoms with Crippen molar-refractivity contribution in [1.82, 2.24) is 9.62 Å². The van der Waals surface area contributed by atoms with Crippen molar-refractivity contribution in [1.29, 1.82) is 0 Å². The molecule has 0 aliphatic carbocycles. The number of benzene rings is 1. The van der Waals surface area contributed by atoms with Crippen molar-refractivity contribution < 1.29 is 17.9 Å². The molecule has 25 heavy (non-hydrogen) atoms. The number of nitrogens with zero attached hydrogens (tertiary/aromatic N) is 1. The first kappa shape index (κ1) is 20.0. The number of carbonyl (C=O) groups excluding carboxylic acids is 1. The number of sulfonamides is 1. The molecule has 0 radical (unpaired) electrons. The molecule has 0 atom stereocenters. The monoisotopic (exact) mass is 388 g/mol. The van der Waals surface area contributed by atoms with Gasteiger partial charge in [0.05, 0.1) is 5.75 Å². The highest BCUT2D eigenvalue weighted by Gasteiger charge is 2.29. The lowest BCUT2D eigenvalue weighted by Crippen LogP contribution is -2.47. The Morgan fingerprint density at radius 1 is 1.24 bits per heavy atom. The Morgan fingerprint density at radius 2 is 1.80 bits per heavy atom. The molecule has 1 amide bonds. The van der Waals surface area contributed by atoms with Gasteiger partial charge in [0.15, 0.2) is 0 Å². The maximum atomic E-state index is 12.5. The van der Waals surface area contributed by atoms with Crippen LogP contribution in [0.1, 0.15) is 39.2 Å². The smallest absolute Gasteiger partial charge is 0.407 e. The van der Waals surface area contributed by atoms with Gasteiger partial charge >= 0.3 is 6.09 Å². The highest BCUT2D eigenvalue weighted by Crippen LogP contribution is 2.19. The second-order valence-corrected chi connectivity index (χ2v) is 9.61. The zero-order valence-corrected chi connectivity index (χ0v) is 16.4. The van der Waals surface area contributed by atoms with Crippen LogP contribution in [0.2, 0.25) is 5.02 Å². The van der Waals surface area contributed by atoms with E-state index >= 15 is 0 Å². The Balaban J connectivity index is 1.86. The fourth-order valence-corrected chi connectivity index (χ4v) is 4.32. The van der Waals surface area contributed by atoms with E-state index in [1.54, 1.807) is 45.0 Å². The lowest BCUT2D eigenvalue weighted by atomic mass is 10.1. The van der Waals surface area contributed by atoms with Crippen LogP contribution in [-0.2, 0) is 20.5 Å². The van der Waals surface area contributed by atoms with Crippen LogP contribution in [0.4, 0.5) is 4.79 Å². The van der Waals surface area contributed by atoms with Gasteiger partial charge in [-0.3, -0.25) is 0 Å². The van der Waals surface area contributed by atoms with Crippen LogP contribution in [0, 0.1) is 0 Å². The van der Waals surface area contributed by atoms with Crippen molar-refractivity contribution in [2.75, 3.05) is 13.1 Å². The zero-order valence-electron chi connectivity index (χ0n) is 14.8. The summed E-state index contributed by atoms with van der Waals surface area (Å²) in [6, 6.07) is 6.73. The van der Waals surface area contributed by atoms with Crippen molar-refractivity contribution in [3.8, 4) is 0 Å². The summed E-state index contributed by atoms with van der Waals surface area (Å²) in [6.07, 6.45) is 0.674. The van der Waals surface area contributed by atoms with E-state index in [1.807, 2.05) is 0 Å². The molecule has 1 aliphatic heterocycles. The molecule has 0 spiro atoms. The van der Waals surface area contributed by atoms with Crippen molar-refractivity contribution in [2.24, 2.45) is 0 Å². The van der Waals surface area contributed by atoms with E-state index in [-0.39, 0.29) is 11.8 Å². The SMILES string of the molecule is CC(C)(C)OC(=O)NC1CCN(S(=O)(=O)Cc2ccc(Cl)cc2)CC1. The largest absolute Gasteiger partial charge is 0.444 e. The number of alkyl carbamates (subject to hydrolysis) is 1. The normalized spacial score (nSPS) is 17.3. The fraction of sp³-hybridized carbons (Fsp3) is 0.588. The molecule has 0 unspecified atom stereocenters. The Hall–Kier alpha value is -1.31. The van der Waals surface area contributed by atoms with E-state index in [0.717, 1.165) is 0 Å². The third-order valence-corrected chi connectivity index (χ3v) is 5.93. The summed E-state index contributed by atoms with van der Waals surface area (Å²) in [6.45, 7) is 6.18. The van der Waals surface area contributed by atoms with Crippen LogP contribution in [0.25, 0.3) is 0 Å². The standard InChI is InChI=1S/C17H25ClN2O4S/c1-17(2,3)24-16(21)19-15-8-10-20(11-9-15)25(22,23)12-13-4-6-14(18)7-5-13/h4-7,15H,8-12H2,1-3H3,(H,19,21). The van der Waals surface area contributed by atoms with Gasteiger partial charge in [0.2, 0.25) is 10.0 Å². The molecule has 1 N–H and O–H groups in total. The number of halogens is 1. The van der Waals surface area contributed by atoms with E-state index in [0.29, 0.717) is 36.5 Å². The maximum absolute atomic E-state index is 12.5. The van der Waals surface area contributed by atoms with Crippen LogP contribution in [0.15, 0.2) is 24.3 Å². The van der Waals surface area contributed by atoms with Gasteiger partial charge in [0.25, 0.3) is 0 Å². The molecule has 1 heterocycles. The predicted octanol–water partition coefficient (Wildman–Crippen LogP) is 3.16. The highest BCUT2D eigenvalue weighted by molar-refractivity contribution is 7.88. The van der Waals surface area contributed by atoms with Gasteiger partial charge in [0, 0.05) is 24.2 Å². The summed E-state index contributed by atoms with van der Waals surface area (Å²) < 4.78 is 31.8. The number of nitrogens with one attached hydrogen (secondary N) is 1. The Labute approximate surface area is 154 Å². The van der Waals surface area contributed by atoms with Crippen LogP contribution < -0.4 is 5.32 Å². The average Bonchev–Trinajstić information content (AvgIpc) is 2.48. The topological polar surface area (TPSA) is 75.7 Å². The van der Waals surface area contributed by atoms with Gasteiger partial charge in [-0.15, -0.1) is 0 Å². The molecule has 1 aromatic carbocycles. The minimum Gasteiger partial charge on any atom is -0.444 e. The molecule has 0 bridgehead atoms. The number of piperidine rings is 1. The first-order chi connectivity index (χ1) is 11.5. The van der Waals surface area contributed by atoms with E-state index in [4.69, 9.17) is 16.3 Å². The van der Waals surface area contributed by atoms with Gasteiger partial charge in [-0.1, -0.05) is 23.7 Å². The minimum absolute atomic E-state index is 0.0473. The molecule has 0 saturated carbocycles. The summed E-state index contributed by atoms with van der Waals surface area (Å²) in [5, 5.41) is 3.38. The van der Waals surface area contributed by atoms with Gasteiger partial charge in [0.1, 0.15) is 5.60 Å².